The molecule has 9 heteroatoms. The Labute approximate surface area is 213 Å². The highest BCUT2D eigenvalue weighted by atomic mass is 16.6. The Morgan fingerprint density at radius 3 is 2.41 bits per heavy atom. The number of anilines is 1. The lowest BCUT2D eigenvalue weighted by Crippen LogP contribution is -2.35. The predicted molar refractivity (Wildman–Crippen MR) is 139 cm³/mol. The van der Waals surface area contributed by atoms with Gasteiger partial charge in [0.05, 0.1) is 22.2 Å². The van der Waals surface area contributed by atoms with Gasteiger partial charge < -0.3 is 10.4 Å². The highest BCUT2D eigenvalue weighted by molar-refractivity contribution is 6.24. The maximum Gasteiger partial charge on any atom is 0.306 e. The number of aliphatic imine (C=N–C) groups is 1. The molecular formula is C28H26N4O5. The second-order valence-corrected chi connectivity index (χ2v) is 9.37. The molecule has 0 spiro atoms. The molecule has 0 bridgehead atoms. The van der Waals surface area contributed by atoms with Crippen molar-refractivity contribution in [1.82, 2.24) is 4.90 Å². The molecule has 5 rings (SSSR count). The van der Waals surface area contributed by atoms with Crippen molar-refractivity contribution in [1.29, 1.82) is 0 Å². The minimum atomic E-state index is -0.785. The molecule has 2 N–H and O–H groups in total. The number of amides is 1. The zero-order valence-electron chi connectivity index (χ0n) is 20.0. The lowest BCUT2D eigenvalue weighted by Gasteiger charge is -2.30. The van der Waals surface area contributed by atoms with Gasteiger partial charge in [-0.15, -0.1) is 0 Å². The highest BCUT2D eigenvalue weighted by Crippen LogP contribution is 2.38. The molecule has 3 aromatic rings. The van der Waals surface area contributed by atoms with Crippen LogP contribution in [-0.4, -0.2) is 45.6 Å². The molecule has 2 aliphatic heterocycles. The van der Waals surface area contributed by atoms with E-state index in [9.17, 15) is 24.8 Å². The largest absolute Gasteiger partial charge is 0.481 e. The van der Waals surface area contributed by atoms with Crippen molar-refractivity contribution in [3.63, 3.8) is 0 Å². The molecule has 1 atom stereocenters. The van der Waals surface area contributed by atoms with Crippen LogP contribution in [0.15, 0.2) is 77.8 Å². The first-order valence-corrected chi connectivity index (χ1v) is 12.2. The third-order valence-corrected chi connectivity index (χ3v) is 6.95. The number of non-ortho nitro benzene ring substituents is 1. The molecule has 9 nitrogen and oxygen atoms in total. The lowest BCUT2D eigenvalue weighted by molar-refractivity contribution is -0.384. The number of likely N-dealkylation sites (tertiary alicyclic amines) is 1. The number of rotatable bonds is 7. The Kier molecular flexibility index (Phi) is 6.78. The van der Waals surface area contributed by atoms with Crippen molar-refractivity contribution in [2.75, 3.05) is 18.4 Å². The average Bonchev–Trinajstić information content (AvgIpc) is 3.23. The number of nitro groups is 1. The van der Waals surface area contributed by atoms with E-state index in [4.69, 9.17) is 4.99 Å². The fraction of sp³-hybridized carbons (Fsp3) is 0.250. The normalized spacial score (nSPS) is 18.3. The molecule has 1 amide bonds. The van der Waals surface area contributed by atoms with E-state index in [0.717, 1.165) is 30.8 Å². The topological polar surface area (TPSA) is 125 Å². The van der Waals surface area contributed by atoms with E-state index in [1.54, 1.807) is 6.07 Å². The number of aliphatic carboxylic acids is 1. The van der Waals surface area contributed by atoms with Gasteiger partial charge in [-0.3, -0.25) is 29.6 Å². The van der Waals surface area contributed by atoms with Crippen LogP contribution in [0.3, 0.4) is 0 Å². The minimum absolute atomic E-state index is 0.0793. The molecule has 0 radical (unpaired) electrons. The summed E-state index contributed by atoms with van der Waals surface area (Å²) >= 11 is 0. The molecule has 188 valence electrons. The van der Waals surface area contributed by atoms with Gasteiger partial charge in [-0.25, -0.2) is 0 Å². The molecule has 2 heterocycles. The van der Waals surface area contributed by atoms with Crippen LogP contribution in [0.25, 0.3) is 0 Å². The van der Waals surface area contributed by atoms with Crippen molar-refractivity contribution < 1.29 is 19.6 Å². The summed E-state index contributed by atoms with van der Waals surface area (Å²) in [6.07, 6.45) is 1.31. The van der Waals surface area contributed by atoms with Crippen molar-refractivity contribution >= 4 is 34.7 Å². The van der Waals surface area contributed by atoms with Gasteiger partial charge in [0.15, 0.2) is 0 Å². The molecule has 37 heavy (non-hydrogen) atoms. The average molecular weight is 499 g/mol. The van der Waals surface area contributed by atoms with E-state index in [2.05, 4.69) is 10.2 Å². The second kappa shape index (κ2) is 10.3. The predicted octanol–water partition coefficient (Wildman–Crippen LogP) is 4.75. The number of nitrogens with zero attached hydrogens (tertiary/aromatic N) is 3. The van der Waals surface area contributed by atoms with E-state index in [-0.39, 0.29) is 17.5 Å². The Hall–Kier alpha value is -4.37. The molecule has 1 unspecified atom stereocenters. The zero-order valence-corrected chi connectivity index (χ0v) is 20.0. The first kappa shape index (κ1) is 24.3. The zero-order chi connectivity index (χ0) is 25.9. The Bertz CT molecular complexity index is 1360. The number of piperidine rings is 1. The number of hydrogen-bond donors (Lipinski definition) is 2. The molecule has 1 saturated heterocycles. The molecule has 0 aliphatic carbocycles. The molecule has 2 aliphatic rings. The summed E-state index contributed by atoms with van der Waals surface area (Å²) in [5.74, 6) is -2.04. The van der Waals surface area contributed by atoms with Gasteiger partial charge in [0.1, 0.15) is 5.92 Å². The van der Waals surface area contributed by atoms with Crippen LogP contribution in [0.2, 0.25) is 0 Å². The number of fused-ring (bicyclic) bond motifs is 1. The molecule has 3 aromatic carbocycles. The molecule has 0 saturated carbocycles. The van der Waals surface area contributed by atoms with Gasteiger partial charge in [0, 0.05) is 29.9 Å². The quantitative estimate of drug-likeness (QED) is 0.275. The van der Waals surface area contributed by atoms with Gasteiger partial charge in [-0.05, 0) is 55.3 Å². The maximum absolute atomic E-state index is 13.1. The number of carboxylic acids is 1. The van der Waals surface area contributed by atoms with Gasteiger partial charge >= 0.3 is 5.97 Å². The third-order valence-electron chi connectivity index (χ3n) is 6.95. The minimum Gasteiger partial charge on any atom is -0.481 e. The summed E-state index contributed by atoms with van der Waals surface area (Å²) in [7, 11) is 0. The van der Waals surface area contributed by atoms with Crippen LogP contribution in [0.5, 0.6) is 0 Å². The van der Waals surface area contributed by atoms with E-state index in [1.807, 2.05) is 54.6 Å². The van der Waals surface area contributed by atoms with Crippen molar-refractivity contribution in [2.45, 2.75) is 25.3 Å². The molecule has 1 fully saturated rings. The van der Waals surface area contributed by atoms with E-state index in [1.165, 1.54) is 12.1 Å². The monoisotopic (exact) mass is 498 g/mol. The summed E-state index contributed by atoms with van der Waals surface area (Å²) in [6, 6.07) is 21.5. The Morgan fingerprint density at radius 2 is 1.76 bits per heavy atom. The number of nitro benzene ring substituents is 1. The van der Waals surface area contributed by atoms with E-state index < -0.39 is 16.8 Å². The summed E-state index contributed by atoms with van der Waals surface area (Å²) < 4.78 is 0. The van der Waals surface area contributed by atoms with Crippen LogP contribution in [0.4, 0.5) is 17.1 Å². The standard InChI is InChI=1S/C28H26N4O5/c33-27-25(23-16-22(32(36)37)10-11-24(23)30-27)26(19-4-2-1-3-5-19)29-21-8-6-18(7-9-21)17-31-14-12-20(13-15-31)28(34)35/h1-11,16,20,25H,12-15,17H2,(H,30,33)(H,34,35). The van der Waals surface area contributed by atoms with Gasteiger partial charge in [0.2, 0.25) is 5.91 Å². The summed E-state index contributed by atoms with van der Waals surface area (Å²) in [6.45, 7) is 2.22. The van der Waals surface area contributed by atoms with Crippen molar-refractivity contribution in [3.8, 4) is 0 Å². The number of carbonyl (C=O) groups is 2. The lowest BCUT2D eigenvalue weighted by atomic mass is 9.90. The molecule has 0 aromatic heterocycles. The van der Waals surface area contributed by atoms with Gasteiger partial charge in [-0.2, -0.15) is 0 Å². The van der Waals surface area contributed by atoms with Crippen molar-refractivity contribution in [3.05, 3.63) is 99.6 Å². The van der Waals surface area contributed by atoms with Crippen molar-refractivity contribution in [2.24, 2.45) is 10.9 Å². The fourth-order valence-electron chi connectivity index (χ4n) is 4.95. The maximum atomic E-state index is 13.1. The summed E-state index contributed by atoms with van der Waals surface area (Å²) in [4.78, 5) is 42.3. The SMILES string of the molecule is O=C(O)C1CCN(Cc2ccc(N=C(c3ccccc3)C3C(=O)Nc4ccc([N+](=O)[O-])cc43)cc2)CC1. The summed E-state index contributed by atoms with van der Waals surface area (Å²) in [5.41, 5.74) is 4.03. The summed E-state index contributed by atoms with van der Waals surface area (Å²) in [5, 5.41) is 23.4. The second-order valence-electron chi connectivity index (χ2n) is 9.37. The number of nitrogens with one attached hydrogen (secondary N) is 1. The number of hydrogen-bond acceptors (Lipinski definition) is 6. The highest BCUT2D eigenvalue weighted by Gasteiger charge is 2.36. The first-order valence-electron chi connectivity index (χ1n) is 12.2. The van der Waals surface area contributed by atoms with Gasteiger partial charge in [0.25, 0.3) is 5.69 Å². The number of benzene rings is 3. The smallest absolute Gasteiger partial charge is 0.306 e. The third kappa shape index (κ3) is 5.26. The van der Waals surface area contributed by atoms with Crippen LogP contribution in [-0.2, 0) is 16.1 Å². The van der Waals surface area contributed by atoms with Crippen LogP contribution in [0, 0.1) is 16.0 Å². The first-order chi connectivity index (χ1) is 17.9. The van der Waals surface area contributed by atoms with Crippen LogP contribution >= 0.6 is 0 Å². The number of carbonyl (C=O) groups excluding carboxylic acids is 1. The fourth-order valence-corrected chi connectivity index (χ4v) is 4.95. The van der Waals surface area contributed by atoms with Crippen LogP contribution in [0.1, 0.15) is 35.4 Å². The van der Waals surface area contributed by atoms with Crippen LogP contribution < -0.4 is 5.32 Å². The van der Waals surface area contributed by atoms with E-state index in [0.29, 0.717) is 35.5 Å². The molecular weight excluding hydrogens is 472 g/mol. The van der Waals surface area contributed by atoms with Gasteiger partial charge in [-0.1, -0.05) is 42.5 Å². The number of carboxylic acid groups (broad SMARTS) is 1. The Morgan fingerprint density at radius 1 is 1.05 bits per heavy atom. The Balaban J connectivity index is 1.42. The van der Waals surface area contributed by atoms with E-state index >= 15 is 0 Å².